The van der Waals surface area contributed by atoms with Gasteiger partial charge < -0.3 is 9.80 Å². The summed E-state index contributed by atoms with van der Waals surface area (Å²) >= 11 is 0. The third-order valence-electron chi connectivity index (χ3n) is 6.01. The van der Waals surface area contributed by atoms with Crippen molar-refractivity contribution in [2.45, 2.75) is 26.7 Å². The van der Waals surface area contributed by atoms with Crippen molar-refractivity contribution in [1.29, 1.82) is 10.5 Å². The van der Waals surface area contributed by atoms with Crippen molar-refractivity contribution in [1.82, 2.24) is 9.80 Å². The third-order valence-corrected chi connectivity index (χ3v) is 6.01. The molecule has 148 valence electrons. The summed E-state index contributed by atoms with van der Waals surface area (Å²) in [6.45, 7) is 4.42. The monoisotopic (exact) mass is 392 g/mol. The van der Waals surface area contributed by atoms with Crippen LogP contribution in [0.25, 0.3) is 32.9 Å². The molecular formula is C26H24N4. The molecule has 30 heavy (non-hydrogen) atoms. The Kier molecular flexibility index (Phi) is 4.94. The number of fused-ring (bicyclic) bond motifs is 2. The SMILES string of the molecule is CCC1=C(CC)N(C)C(=c2ccc3cc4cc(=C(C#N)C#N)ccc4cc3c2)N1C. The van der Waals surface area contributed by atoms with Crippen LogP contribution in [0.3, 0.4) is 0 Å². The van der Waals surface area contributed by atoms with Crippen molar-refractivity contribution < 1.29 is 0 Å². The van der Waals surface area contributed by atoms with Gasteiger partial charge in [0.05, 0.1) is 0 Å². The van der Waals surface area contributed by atoms with E-state index in [1.165, 1.54) is 27.8 Å². The molecule has 0 bridgehead atoms. The molecule has 0 saturated carbocycles. The highest BCUT2D eigenvalue weighted by atomic mass is 15.4. The van der Waals surface area contributed by atoms with E-state index in [9.17, 15) is 0 Å². The van der Waals surface area contributed by atoms with Gasteiger partial charge in [-0.25, -0.2) is 0 Å². The molecule has 4 nitrogen and oxygen atoms in total. The Morgan fingerprint density at radius 1 is 0.733 bits per heavy atom. The summed E-state index contributed by atoms with van der Waals surface area (Å²) in [4.78, 5) is 4.63. The van der Waals surface area contributed by atoms with Gasteiger partial charge in [-0.3, -0.25) is 0 Å². The summed E-state index contributed by atoms with van der Waals surface area (Å²) in [7, 11) is 4.30. The molecule has 3 aromatic carbocycles. The predicted octanol–water partition coefficient (Wildman–Crippen LogP) is 4.17. The topological polar surface area (TPSA) is 54.1 Å². The Morgan fingerprint density at radius 3 is 1.80 bits per heavy atom. The van der Waals surface area contributed by atoms with Crippen molar-refractivity contribution in [3.05, 3.63) is 70.4 Å². The zero-order valence-corrected chi connectivity index (χ0v) is 17.8. The predicted molar refractivity (Wildman–Crippen MR) is 122 cm³/mol. The van der Waals surface area contributed by atoms with Gasteiger partial charge in [0, 0.05) is 35.9 Å². The summed E-state index contributed by atoms with van der Waals surface area (Å²) in [5.74, 6) is 1.21. The second kappa shape index (κ2) is 7.58. The van der Waals surface area contributed by atoms with Crippen LogP contribution < -0.4 is 10.4 Å². The lowest BCUT2D eigenvalue weighted by Gasteiger charge is -2.21. The molecule has 0 atom stereocenters. The van der Waals surface area contributed by atoms with E-state index in [0.717, 1.165) is 29.0 Å². The van der Waals surface area contributed by atoms with Crippen molar-refractivity contribution in [2.75, 3.05) is 14.1 Å². The number of nitrogens with zero attached hydrogens (tertiary/aromatic N) is 4. The van der Waals surface area contributed by atoms with Gasteiger partial charge in [0.2, 0.25) is 0 Å². The molecule has 1 aliphatic heterocycles. The number of hydrogen-bond donors (Lipinski definition) is 0. The zero-order chi connectivity index (χ0) is 21.4. The molecule has 0 spiro atoms. The first kappa shape index (κ1) is 19.6. The maximum absolute atomic E-state index is 9.15. The van der Waals surface area contributed by atoms with Gasteiger partial charge in [0.25, 0.3) is 0 Å². The lowest BCUT2D eigenvalue weighted by Crippen LogP contribution is -2.25. The van der Waals surface area contributed by atoms with Gasteiger partial charge in [0.1, 0.15) is 23.5 Å². The minimum absolute atomic E-state index is 0.141. The number of hydrogen-bond acceptors (Lipinski definition) is 4. The molecule has 4 heteroatoms. The molecule has 1 heterocycles. The summed E-state index contributed by atoms with van der Waals surface area (Å²) in [5, 5.41) is 24.6. The molecular weight excluding hydrogens is 368 g/mol. The number of rotatable bonds is 2. The lowest BCUT2D eigenvalue weighted by molar-refractivity contribution is 0.506. The van der Waals surface area contributed by atoms with Crippen LogP contribution in [0.4, 0.5) is 0 Å². The van der Waals surface area contributed by atoms with Crippen LogP contribution in [-0.4, -0.2) is 23.9 Å². The maximum atomic E-state index is 9.15. The van der Waals surface area contributed by atoms with Crippen LogP contribution in [0.15, 0.2) is 59.9 Å². The van der Waals surface area contributed by atoms with Crippen molar-refractivity contribution in [2.24, 2.45) is 0 Å². The molecule has 0 unspecified atom stereocenters. The normalized spacial score (nSPS) is 13.9. The molecule has 0 aliphatic carbocycles. The van der Waals surface area contributed by atoms with E-state index in [0.29, 0.717) is 5.22 Å². The van der Waals surface area contributed by atoms with Crippen LogP contribution in [0.5, 0.6) is 0 Å². The van der Waals surface area contributed by atoms with Gasteiger partial charge in [-0.1, -0.05) is 38.1 Å². The summed E-state index contributed by atoms with van der Waals surface area (Å²) in [6, 6.07) is 20.6. The van der Waals surface area contributed by atoms with Crippen LogP contribution >= 0.6 is 0 Å². The van der Waals surface area contributed by atoms with Gasteiger partial charge in [-0.15, -0.1) is 0 Å². The van der Waals surface area contributed by atoms with E-state index in [2.05, 4.69) is 68.1 Å². The average Bonchev–Trinajstić information content (AvgIpc) is 3.01. The van der Waals surface area contributed by atoms with Crippen molar-refractivity contribution in [3.8, 4) is 12.1 Å². The first-order valence-corrected chi connectivity index (χ1v) is 10.2. The highest BCUT2D eigenvalue weighted by Gasteiger charge is 2.27. The number of nitriles is 2. The summed E-state index contributed by atoms with van der Waals surface area (Å²) < 4.78 is 0. The van der Waals surface area contributed by atoms with E-state index in [1.807, 2.05) is 30.3 Å². The fourth-order valence-corrected chi connectivity index (χ4v) is 4.58. The second-order valence-electron chi connectivity index (χ2n) is 7.62. The van der Waals surface area contributed by atoms with E-state index in [4.69, 9.17) is 10.5 Å². The van der Waals surface area contributed by atoms with E-state index in [1.54, 1.807) is 0 Å². The first-order valence-electron chi connectivity index (χ1n) is 10.2. The minimum atomic E-state index is 0.141. The van der Waals surface area contributed by atoms with E-state index < -0.39 is 0 Å². The quantitative estimate of drug-likeness (QED) is 0.615. The van der Waals surface area contributed by atoms with Crippen LogP contribution in [-0.2, 0) is 0 Å². The molecule has 4 rings (SSSR count). The van der Waals surface area contributed by atoms with Gasteiger partial charge in [0.15, 0.2) is 0 Å². The Hall–Kier alpha value is -3.76. The average molecular weight is 393 g/mol. The highest BCUT2D eigenvalue weighted by Crippen LogP contribution is 2.33. The van der Waals surface area contributed by atoms with Crippen molar-refractivity contribution in [3.63, 3.8) is 0 Å². The first-order chi connectivity index (χ1) is 14.5. The van der Waals surface area contributed by atoms with Crippen LogP contribution in [0, 0.1) is 22.7 Å². The standard InChI is InChI=1S/C26H24N4/c1-5-24-25(6-2)30(4)26(29(24)3)20-10-9-18-11-21-13-19(23(15-27)16-28)8-7-17(21)12-22(18)14-20/h7-14H,5-6H2,1-4H3. The van der Waals surface area contributed by atoms with Crippen molar-refractivity contribution >= 4 is 32.9 Å². The number of allylic oxidation sites excluding steroid dienone is 2. The Morgan fingerprint density at radius 2 is 1.27 bits per heavy atom. The molecule has 0 amide bonds. The van der Waals surface area contributed by atoms with Gasteiger partial charge >= 0.3 is 0 Å². The minimum Gasteiger partial charge on any atom is -0.332 e. The number of benzene rings is 3. The fraction of sp³-hybridized carbons (Fsp3) is 0.231. The molecule has 0 radical (unpaired) electrons. The maximum Gasteiger partial charge on any atom is 0.136 e. The molecule has 0 N–H and O–H groups in total. The van der Waals surface area contributed by atoms with E-state index >= 15 is 0 Å². The fourth-order valence-electron chi connectivity index (χ4n) is 4.58. The second-order valence-corrected chi connectivity index (χ2v) is 7.62. The van der Waals surface area contributed by atoms with E-state index in [-0.39, 0.29) is 5.57 Å². The molecule has 0 fully saturated rings. The highest BCUT2D eigenvalue weighted by molar-refractivity contribution is 5.98. The van der Waals surface area contributed by atoms with Crippen LogP contribution in [0.2, 0.25) is 0 Å². The largest absolute Gasteiger partial charge is 0.332 e. The smallest absolute Gasteiger partial charge is 0.136 e. The molecule has 3 aromatic rings. The van der Waals surface area contributed by atoms with Gasteiger partial charge in [-0.2, -0.15) is 10.5 Å². The Bertz CT molecular complexity index is 1380. The van der Waals surface area contributed by atoms with Gasteiger partial charge in [-0.05, 0) is 58.7 Å². The summed E-state index contributed by atoms with van der Waals surface area (Å²) in [6.07, 6.45) is 2.02. The Balaban J connectivity index is 1.93. The lowest BCUT2D eigenvalue weighted by atomic mass is 10.0. The third kappa shape index (κ3) is 2.98. The zero-order valence-electron chi connectivity index (χ0n) is 17.8. The molecule has 0 aromatic heterocycles. The Labute approximate surface area is 176 Å². The summed E-state index contributed by atoms with van der Waals surface area (Å²) in [5.41, 5.74) is 2.90. The molecule has 0 saturated heterocycles. The van der Waals surface area contributed by atoms with Crippen LogP contribution in [0.1, 0.15) is 26.7 Å². The molecule has 1 aliphatic rings.